The molecule has 3 rings (SSSR count). The van der Waals surface area contributed by atoms with E-state index in [4.69, 9.17) is 0 Å². The Bertz CT molecular complexity index is 1090. The molecule has 5 nitrogen and oxygen atoms in total. The van der Waals surface area contributed by atoms with Gasteiger partial charge in [0, 0.05) is 11.5 Å². The van der Waals surface area contributed by atoms with Gasteiger partial charge in [0.25, 0.3) is 0 Å². The second-order valence-electron chi connectivity index (χ2n) is 5.51. The lowest BCUT2D eigenvalue weighted by Gasteiger charge is -2.11. The maximum Gasteiger partial charge on any atom is 0.416 e. The number of amides is 2. The molecule has 1 aromatic heterocycles. The molecular weight excluding hydrogens is 373 g/mol. The van der Waals surface area contributed by atoms with Crippen molar-refractivity contribution in [1.29, 1.82) is 0 Å². The SMILES string of the molecule is O=C(Nc1cc(=O)c2cc(F)ccc2[nH]1)Nc1ccc(C(F)(F)F)cc1F. The number of urea groups is 1. The summed E-state index contributed by atoms with van der Waals surface area (Å²) in [7, 11) is 0. The quantitative estimate of drug-likeness (QED) is 0.572. The largest absolute Gasteiger partial charge is 0.416 e. The van der Waals surface area contributed by atoms with E-state index in [0.717, 1.165) is 24.3 Å². The van der Waals surface area contributed by atoms with E-state index in [0.29, 0.717) is 6.07 Å². The summed E-state index contributed by atoms with van der Waals surface area (Å²) >= 11 is 0. The molecule has 0 atom stereocenters. The van der Waals surface area contributed by atoms with E-state index in [1.54, 1.807) is 0 Å². The van der Waals surface area contributed by atoms with Crippen LogP contribution in [0.2, 0.25) is 0 Å². The van der Waals surface area contributed by atoms with Crippen molar-refractivity contribution >= 4 is 28.4 Å². The zero-order valence-electron chi connectivity index (χ0n) is 13.2. The van der Waals surface area contributed by atoms with Crippen molar-refractivity contribution in [2.24, 2.45) is 0 Å². The van der Waals surface area contributed by atoms with Gasteiger partial charge in [-0.25, -0.2) is 13.6 Å². The number of pyridine rings is 1. The number of hydrogen-bond donors (Lipinski definition) is 3. The van der Waals surface area contributed by atoms with Gasteiger partial charge >= 0.3 is 12.2 Å². The fraction of sp³-hybridized carbons (Fsp3) is 0.0588. The second kappa shape index (κ2) is 6.71. The van der Waals surface area contributed by atoms with Crippen LogP contribution in [0.4, 0.5) is 38.3 Å². The summed E-state index contributed by atoms with van der Waals surface area (Å²) in [6.07, 6.45) is -4.72. The lowest BCUT2D eigenvalue weighted by atomic mass is 10.2. The highest BCUT2D eigenvalue weighted by Crippen LogP contribution is 2.31. The molecule has 0 spiro atoms. The van der Waals surface area contributed by atoms with Crippen LogP contribution in [-0.4, -0.2) is 11.0 Å². The first-order chi connectivity index (χ1) is 12.6. The molecule has 0 saturated carbocycles. The number of rotatable bonds is 2. The number of aromatic amines is 1. The number of aromatic nitrogens is 1. The average Bonchev–Trinajstić information content (AvgIpc) is 2.56. The number of carbonyl (C=O) groups is 1. The van der Waals surface area contributed by atoms with Gasteiger partial charge in [-0.1, -0.05) is 0 Å². The first-order valence-electron chi connectivity index (χ1n) is 7.41. The number of anilines is 2. The minimum atomic E-state index is -4.72. The van der Waals surface area contributed by atoms with Crippen molar-refractivity contribution in [2.45, 2.75) is 6.18 Å². The molecule has 0 bridgehead atoms. The number of H-pyrrole nitrogens is 1. The van der Waals surface area contributed by atoms with E-state index >= 15 is 0 Å². The molecule has 0 radical (unpaired) electrons. The topological polar surface area (TPSA) is 74.0 Å². The zero-order chi connectivity index (χ0) is 19.8. The summed E-state index contributed by atoms with van der Waals surface area (Å²) in [5.74, 6) is -1.95. The molecule has 27 heavy (non-hydrogen) atoms. The molecular formula is C17H10F5N3O2. The van der Waals surface area contributed by atoms with Gasteiger partial charge in [-0.2, -0.15) is 13.2 Å². The lowest BCUT2D eigenvalue weighted by molar-refractivity contribution is -0.137. The normalized spacial score (nSPS) is 11.4. The first kappa shape index (κ1) is 18.4. The Morgan fingerprint density at radius 1 is 0.963 bits per heavy atom. The minimum Gasteiger partial charge on any atom is -0.341 e. The van der Waals surface area contributed by atoms with Gasteiger partial charge in [0.1, 0.15) is 17.5 Å². The van der Waals surface area contributed by atoms with Crippen molar-refractivity contribution in [3.05, 3.63) is 69.9 Å². The van der Waals surface area contributed by atoms with Crippen LogP contribution in [0.25, 0.3) is 10.9 Å². The van der Waals surface area contributed by atoms with E-state index in [1.807, 2.05) is 5.32 Å². The van der Waals surface area contributed by atoms with Gasteiger partial charge in [0.2, 0.25) is 0 Å². The van der Waals surface area contributed by atoms with Crippen LogP contribution < -0.4 is 16.1 Å². The van der Waals surface area contributed by atoms with Crippen LogP contribution in [0.1, 0.15) is 5.56 Å². The zero-order valence-corrected chi connectivity index (χ0v) is 13.2. The van der Waals surface area contributed by atoms with Gasteiger partial charge in [0.15, 0.2) is 5.43 Å². The number of alkyl halides is 3. The number of nitrogens with one attached hydrogen (secondary N) is 3. The van der Waals surface area contributed by atoms with E-state index in [2.05, 4.69) is 10.3 Å². The van der Waals surface area contributed by atoms with Crippen molar-refractivity contribution in [2.75, 3.05) is 10.6 Å². The third-order valence-electron chi connectivity index (χ3n) is 3.58. The van der Waals surface area contributed by atoms with E-state index in [1.165, 1.54) is 6.07 Å². The Kier molecular flexibility index (Phi) is 4.56. The van der Waals surface area contributed by atoms with Crippen LogP contribution >= 0.6 is 0 Å². The van der Waals surface area contributed by atoms with Crippen molar-refractivity contribution in [1.82, 2.24) is 4.98 Å². The third-order valence-corrected chi connectivity index (χ3v) is 3.58. The summed E-state index contributed by atoms with van der Waals surface area (Å²) in [6, 6.07) is 5.06. The van der Waals surface area contributed by atoms with E-state index in [9.17, 15) is 31.5 Å². The molecule has 140 valence electrons. The maximum atomic E-state index is 13.8. The van der Waals surface area contributed by atoms with Crippen molar-refractivity contribution in [3.63, 3.8) is 0 Å². The summed E-state index contributed by atoms with van der Waals surface area (Å²) in [4.78, 5) is 26.6. The van der Waals surface area contributed by atoms with Crippen molar-refractivity contribution < 1.29 is 26.7 Å². The van der Waals surface area contributed by atoms with Crippen LogP contribution in [0.5, 0.6) is 0 Å². The highest BCUT2D eigenvalue weighted by Gasteiger charge is 2.31. The highest BCUT2D eigenvalue weighted by molar-refractivity contribution is 5.99. The smallest absolute Gasteiger partial charge is 0.341 e. The number of halogens is 5. The fourth-order valence-corrected chi connectivity index (χ4v) is 2.36. The molecule has 0 aliphatic carbocycles. The minimum absolute atomic E-state index is 0.0646. The highest BCUT2D eigenvalue weighted by atomic mass is 19.4. The molecule has 2 aromatic carbocycles. The summed E-state index contributed by atoms with van der Waals surface area (Å²) in [6.45, 7) is 0. The van der Waals surface area contributed by atoms with Gasteiger partial charge in [0.05, 0.1) is 16.8 Å². The average molecular weight is 383 g/mol. The molecule has 3 aromatic rings. The number of hydrogen-bond acceptors (Lipinski definition) is 2. The van der Waals surface area contributed by atoms with E-state index < -0.39 is 40.5 Å². The molecule has 0 saturated heterocycles. The first-order valence-corrected chi connectivity index (χ1v) is 7.41. The van der Waals surface area contributed by atoms with Gasteiger partial charge < -0.3 is 10.3 Å². The van der Waals surface area contributed by atoms with Crippen LogP contribution in [-0.2, 0) is 6.18 Å². The van der Waals surface area contributed by atoms with Gasteiger partial charge in [-0.3, -0.25) is 10.1 Å². The Morgan fingerprint density at radius 3 is 2.37 bits per heavy atom. The molecule has 10 heteroatoms. The lowest BCUT2D eigenvalue weighted by Crippen LogP contribution is -2.22. The van der Waals surface area contributed by atoms with Crippen LogP contribution in [0, 0.1) is 11.6 Å². The maximum absolute atomic E-state index is 13.8. The van der Waals surface area contributed by atoms with E-state index in [-0.39, 0.29) is 22.8 Å². The van der Waals surface area contributed by atoms with Gasteiger partial charge in [-0.05, 0) is 36.4 Å². The number of carbonyl (C=O) groups excluding carboxylic acids is 1. The van der Waals surface area contributed by atoms with Crippen molar-refractivity contribution in [3.8, 4) is 0 Å². The monoisotopic (exact) mass is 383 g/mol. The number of benzene rings is 2. The predicted molar refractivity (Wildman–Crippen MR) is 88.6 cm³/mol. The molecule has 3 N–H and O–H groups in total. The molecule has 2 amide bonds. The Labute approximate surface area is 147 Å². The Morgan fingerprint density at radius 2 is 1.70 bits per heavy atom. The standard InChI is InChI=1S/C17H10F5N3O2/c18-9-2-4-12-10(6-9)14(26)7-15(23-12)25-16(27)24-13-3-1-8(5-11(13)19)17(20,21)22/h1-7H,(H3,23,24,25,26,27). The molecule has 0 aliphatic rings. The third kappa shape index (κ3) is 4.05. The molecule has 0 unspecified atom stereocenters. The Hall–Kier alpha value is -3.43. The van der Waals surface area contributed by atoms with Gasteiger partial charge in [-0.15, -0.1) is 0 Å². The second-order valence-corrected chi connectivity index (χ2v) is 5.51. The summed E-state index contributed by atoms with van der Waals surface area (Å²) in [5.41, 5.74) is -2.00. The predicted octanol–water partition coefficient (Wildman–Crippen LogP) is 4.47. The summed E-state index contributed by atoms with van der Waals surface area (Å²) in [5, 5.41) is 4.33. The molecule has 1 heterocycles. The Balaban J connectivity index is 1.79. The van der Waals surface area contributed by atoms with Crippen LogP contribution in [0.15, 0.2) is 47.3 Å². The molecule has 0 aliphatic heterocycles. The fourth-order valence-electron chi connectivity index (χ4n) is 2.36. The summed E-state index contributed by atoms with van der Waals surface area (Å²) < 4.78 is 64.5. The number of fused-ring (bicyclic) bond motifs is 1. The molecule has 0 fully saturated rings. The van der Waals surface area contributed by atoms with Crippen LogP contribution in [0.3, 0.4) is 0 Å².